The molecule has 0 fully saturated rings. The van der Waals surface area contributed by atoms with Crippen LogP contribution in [0.5, 0.6) is 5.75 Å². The van der Waals surface area contributed by atoms with Gasteiger partial charge in [-0.05, 0) is 36.5 Å². The molecule has 0 aliphatic rings. The van der Waals surface area contributed by atoms with Crippen LogP contribution in [0, 0.1) is 0 Å². The average Bonchev–Trinajstić information content (AvgIpc) is 2.21. The van der Waals surface area contributed by atoms with E-state index in [1.54, 1.807) is 24.3 Å². The highest BCUT2D eigenvalue weighted by Gasteiger charge is 1.81. The number of unbranched alkanes of at least 4 members (excludes halogenated alkanes) is 2. The summed E-state index contributed by atoms with van der Waals surface area (Å²) < 4.78 is 0. The van der Waals surface area contributed by atoms with E-state index in [0.717, 1.165) is 11.5 Å². The number of thiol groups is 2. The number of phenolic OH excluding ortho intramolecular Hbond substituents is 1. The molecule has 3 heteroatoms. The molecule has 0 atom stereocenters. The fraction of sp³-hybridized carbons (Fsp3) is 0.455. The summed E-state index contributed by atoms with van der Waals surface area (Å²) in [7, 11) is 0. The Bertz CT molecular complexity index is 198. The minimum Gasteiger partial charge on any atom is -0.508 e. The lowest BCUT2D eigenvalue weighted by Gasteiger charge is -1.90. The van der Waals surface area contributed by atoms with E-state index in [2.05, 4.69) is 25.3 Å². The number of rotatable bonds is 4. The third-order valence-corrected chi connectivity index (χ3v) is 2.20. The van der Waals surface area contributed by atoms with Gasteiger partial charge in [-0.15, -0.1) is 0 Å². The van der Waals surface area contributed by atoms with Gasteiger partial charge < -0.3 is 5.11 Å². The van der Waals surface area contributed by atoms with E-state index in [1.807, 2.05) is 6.07 Å². The van der Waals surface area contributed by atoms with Gasteiger partial charge in [0.15, 0.2) is 0 Å². The Hall–Kier alpha value is -0.280. The van der Waals surface area contributed by atoms with Crippen molar-refractivity contribution in [2.75, 3.05) is 11.5 Å². The second-order valence-electron chi connectivity index (χ2n) is 2.84. The number of benzene rings is 1. The summed E-state index contributed by atoms with van der Waals surface area (Å²) in [6.07, 6.45) is 3.76. The molecule has 0 saturated heterocycles. The Kier molecular flexibility index (Phi) is 10.6. The quantitative estimate of drug-likeness (QED) is 0.535. The molecule has 0 radical (unpaired) electrons. The molecule has 0 aliphatic heterocycles. The van der Waals surface area contributed by atoms with E-state index in [4.69, 9.17) is 5.11 Å². The number of aromatic hydroxyl groups is 1. The van der Waals surface area contributed by atoms with Crippen LogP contribution >= 0.6 is 25.3 Å². The first-order valence-electron chi connectivity index (χ1n) is 4.77. The number of hydrogen-bond acceptors (Lipinski definition) is 3. The molecule has 1 aromatic rings. The van der Waals surface area contributed by atoms with Gasteiger partial charge in [-0.1, -0.05) is 24.6 Å². The van der Waals surface area contributed by atoms with Gasteiger partial charge in [-0.25, -0.2) is 0 Å². The van der Waals surface area contributed by atoms with Crippen LogP contribution in [0.25, 0.3) is 0 Å². The van der Waals surface area contributed by atoms with Gasteiger partial charge in [-0.2, -0.15) is 25.3 Å². The summed E-state index contributed by atoms with van der Waals surface area (Å²) in [6, 6.07) is 8.71. The monoisotopic (exact) mass is 230 g/mol. The molecule has 14 heavy (non-hydrogen) atoms. The lowest BCUT2D eigenvalue weighted by Crippen LogP contribution is -1.77. The predicted molar refractivity (Wildman–Crippen MR) is 69.7 cm³/mol. The van der Waals surface area contributed by atoms with Gasteiger partial charge >= 0.3 is 0 Å². The molecule has 80 valence electrons. The Morgan fingerprint density at radius 2 is 1.36 bits per heavy atom. The zero-order valence-electron chi connectivity index (χ0n) is 8.26. The number of hydrogen-bond donors (Lipinski definition) is 3. The minimum absolute atomic E-state index is 0.322. The summed E-state index contributed by atoms with van der Waals surface area (Å²) in [4.78, 5) is 0. The van der Waals surface area contributed by atoms with Gasteiger partial charge in [0, 0.05) is 0 Å². The molecule has 1 N–H and O–H groups in total. The first kappa shape index (κ1) is 13.7. The van der Waals surface area contributed by atoms with E-state index < -0.39 is 0 Å². The van der Waals surface area contributed by atoms with Crippen LogP contribution < -0.4 is 0 Å². The third-order valence-electron chi connectivity index (χ3n) is 1.57. The van der Waals surface area contributed by atoms with E-state index in [0.29, 0.717) is 5.75 Å². The van der Waals surface area contributed by atoms with Crippen molar-refractivity contribution in [2.24, 2.45) is 0 Å². The van der Waals surface area contributed by atoms with Crippen molar-refractivity contribution in [1.82, 2.24) is 0 Å². The fourth-order valence-electron chi connectivity index (χ4n) is 0.828. The predicted octanol–water partition coefficient (Wildman–Crippen LogP) is 3.41. The molecule has 0 amide bonds. The molecule has 1 nitrogen and oxygen atoms in total. The van der Waals surface area contributed by atoms with E-state index >= 15 is 0 Å². The van der Waals surface area contributed by atoms with E-state index in [1.165, 1.54) is 19.3 Å². The van der Waals surface area contributed by atoms with Crippen molar-refractivity contribution < 1.29 is 5.11 Å². The SMILES string of the molecule is Oc1ccccc1.SCCCCCS. The molecule has 0 heterocycles. The molecule has 0 aromatic heterocycles. The Labute approximate surface area is 97.4 Å². The summed E-state index contributed by atoms with van der Waals surface area (Å²) in [5, 5.41) is 8.63. The molecule has 0 aliphatic carbocycles. The van der Waals surface area contributed by atoms with Crippen molar-refractivity contribution in [3.8, 4) is 5.75 Å². The molecule has 0 bridgehead atoms. The second-order valence-corrected chi connectivity index (χ2v) is 3.74. The second kappa shape index (κ2) is 10.8. The molecule has 1 rings (SSSR count). The zero-order chi connectivity index (χ0) is 10.6. The third kappa shape index (κ3) is 9.81. The van der Waals surface area contributed by atoms with Crippen molar-refractivity contribution in [3.05, 3.63) is 30.3 Å². The van der Waals surface area contributed by atoms with E-state index in [-0.39, 0.29) is 0 Å². The molecule has 0 spiro atoms. The lowest BCUT2D eigenvalue weighted by molar-refractivity contribution is 0.475. The Balaban J connectivity index is 0.000000241. The molecule has 1 aromatic carbocycles. The van der Waals surface area contributed by atoms with Crippen LogP contribution in [-0.4, -0.2) is 16.6 Å². The molecular formula is C11H18OS2. The van der Waals surface area contributed by atoms with Crippen LogP contribution in [0.15, 0.2) is 30.3 Å². The van der Waals surface area contributed by atoms with E-state index in [9.17, 15) is 0 Å². The van der Waals surface area contributed by atoms with Gasteiger partial charge in [-0.3, -0.25) is 0 Å². The maximum absolute atomic E-state index is 8.63. The minimum atomic E-state index is 0.322. The average molecular weight is 230 g/mol. The zero-order valence-corrected chi connectivity index (χ0v) is 10.1. The standard InChI is InChI=1S/C6H6O.C5H12S2/c7-6-4-2-1-3-5-6;6-4-2-1-3-5-7/h1-5,7H;6-7H,1-5H2. The molecule has 0 unspecified atom stereocenters. The van der Waals surface area contributed by atoms with Crippen molar-refractivity contribution in [1.29, 1.82) is 0 Å². The highest BCUT2D eigenvalue weighted by atomic mass is 32.1. The smallest absolute Gasteiger partial charge is 0.115 e. The first-order chi connectivity index (χ1) is 6.81. The fourth-order valence-corrected chi connectivity index (χ4v) is 1.28. The molecule has 0 saturated carbocycles. The van der Waals surface area contributed by atoms with Crippen molar-refractivity contribution >= 4 is 25.3 Å². The first-order valence-corrected chi connectivity index (χ1v) is 6.03. The normalized spacial score (nSPS) is 9.00. The van der Waals surface area contributed by atoms with Gasteiger partial charge in [0.1, 0.15) is 5.75 Å². The summed E-state index contributed by atoms with van der Waals surface area (Å²) in [6.45, 7) is 0. The van der Waals surface area contributed by atoms with Gasteiger partial charge in [0.25, 0.3) is 0 Å². The highest BCUT2D eigenvalue weighted by Crippen LogP contribution is 2.02. The van der Waals surface area contributed by atoms with Crippen LogP contribution in [-0.2, 0) is 0 Å². The summed E-state index contributed by atoms with van der Waals surface area (Å²) in [5.41, 5.74) is 0. The lowest BCUT2D eigenvalue weighted by atomic mass is 10.3. The maximum Gasteiger partial charge on any atom is 0.115 e. The van der Waals surface area contributed by atoms with Crippen molar-refractivity contribution in [3.63, 3.8) is 0 Å². The van der Waals surface area contributed by atoms with Crippen LogP contribution in [0.1, 0.15) is 19.3 Å². The van der Waals surface area contributed by atoms with Crippen molar-refractivity contribution in [2.45, 2.75) is 19.3 Å². The Morgan fingerprint density at radius 1 is 0.857 bits per heavy atom. The van der Waals surface area contributed by atoms with Gasteiger partial charge in [0.2, 0.25) is 0 Å². The topological polar surface area (TPSA) is 20.2 Å². The summed E-state index contributed by atoms with van der Waals surface area (Å²) >= 11 is 8.14. The highest BCUT2D eigenvalue weighted by molar-refractivity contribution is 7.80. The van der Waals surface area contributed by atoms with Gasteiger partial charge in [0.05, 0.1) is 0 Å². The summed E-state index contributed by atoms with van der Waals surface area (Å²) in [5.74, 6) is 2.36. The maximum atomic E-state index is 8.63. The molecular weight excluding hydrogens is 212 g/mol. The number of phenols is 1. The number of para-hydroxylation sites is 1. The van der Waals surface area contributed by atoms with Crippen LogP contribution in [0.3, 0.4) is 0 Å². The largest absolute Gasteiger partial charge is 0.508 e. The Morgan fingerprint density at radius 3 is 1.64 bits per heavy atom. The van der Waals surface area contributed by atoms with Crippen LogP contribution in [0.4, 0.5) is 0 Å². The van der Waals surface area contributed by atoms with Crippen LogP contribution in [0.2, 0.25) is 0 Å².